The van der Waals surface area contributed by atoms with Crippen LogP contribution in [-0.4, -0.2) is 6.54 Å². The fourth-order valence-corrected chi connectivity index (χ4v) is 1.96. The van der Waals surface area contributed by atoms with Gasteiger partial charge in [-0.05, 0) is 24.0 Å². The molecule has 0 radical (unpaired) electrons. The van der Waals surface area contributed by atoms with Crippen molar-refractivity contribution in [2.75, 3.05) is 6.54 Å². The van der Waals surface area contributed by atoms with Crippen LogP contribution >= 0.6 is 11.3 Å². The fraction of sp³-hybridized carbons (Fsp3) is 0.583. The van der Waals surface area contributed by atoms with Gasteiger partial charge in [-0.3, -0.25) is 0 Å². The second kappa shape index (κ2) is 5.29. The van der Waals surface area contributed by atoms with Crippen LogP contribution < -0.4 is 5.32 Å². The maximum absolute atomic E-state index is 8.68. The highest BCUT2D eigenvalue weighted by Gasteiger charge is 2.13. The third-order valence-electron chi connectivity index (χ3n) is 2.63. The zero-order chi connectivity index (χ0) is 11.3. The Bertz CT molecular complexity index is 347. The molecule has 0 aromatic carbocycles. The lowest BCUT2D eigenvalue weighted by Crippen LogP contribution is -2.28. The first kappa shape index (κ1) is 12.2. The second-order valence-electron chi connectivity index (χ2n) is 4.50. The van der Waals surface area contributed by atoms with Crippen LogP contribution in [0.5, 0.6) is 0 Å². The van der Waals surface area contributed by atoms with Crippen molar-refractivity contribution in [2.45, 2.75) is 33.7 Å². The smallest absolute Gasteiger partial charge is 0.110 e. The molecule has 0 spiro atoms. The Morgan fingerprint density at radius 3 is 2.73 bits per heavy atom. The minimum atomic E-state index is 0.356. The quantitative estimate of drug-likeness (QED) is 0.830. The number of nitrogens with one attached hydrogen (secondary N) is 1. The third-order valence-corrected chi connectivity index (χ3v) is 3.62. The van der Waals surface area contributed by atoms with Crippen LogP contribution in [0.25, 0.3) is 0 Å². The summed E-state index contributed by atoms with van der Waals surface area (Å²) < 4.78 is 0. The van der Waals surface area contributed by atoms with Gasteiger partial charge in [0.25, 0.3) is 0 Å². The molecule has 0 aliphatic heterocycles. The molecule has 0 fully saturated rings. The molecule has 1 aromatic rings. The van der Waals surface area contributed by atoms with E-state index in [1.54, 1.807) is 11.3 Å². The lowest BCUT2D eigenvalue weighted by atomic mass is 9.90. The summed E-state index contributed by atoms with van der Waals surface area (Å²) in [4.78, 5) is 2.03. The van der Waals surface area contributed by atoms with Crippen LogP contribution in [0.2, 0.25) is 0 Å². The fourth-order valence-electron chi connectivity index (χ4n) is 1.18. The normalized spacial score (nSPS) is 11.3. The van der Waals surface area contributed by atoms with Crippen molar-refractivity contribution < 1.29 is 0 Å². The molecule has 15 heavy (non-hydrogen) atoms. The topological polar surface area (TPSA) is 35.8 Å². The summed E-state index contributed by atoms with van der Waals surface area (Å²) in [6, 6.07) is 6.06. The standard InChI is InChI=1S/C12H18N2S/c1-4-12(2,3)9-14-8-11-6-5-10(7-13)15-11/h5-6,14H,4,8-9H2,1-3H3. The highest BCUT2D eigenvalue weighted by Crippen LogP contribution is 2.19. The van der Waals surface area contributed by atoms with E-state index in [0.29, 0.717) is 5.41 Å². The number of hydrogen-bond donors (Lipinski definition) is 1. The van der Waals surface area contributed by atoms with Crippen LogP contribution in [0, 0.1) is 16.7 Å². The largest absolute Gasteiger partial charge is 0.311 e. The molecular formula is C12H18N2S. The Labute approximate surface area is 95.9 Å². The Balaban J connectivity index is 2.35. The van der Waals surface area contributed by atoms with E-state index in [1.807, 2.05) is 12.1 Å². The zero-order valence-corrected chi connectivity index (χ0v) is 10.4. The predicted octanol–water partition coefficient (Wildman–Crippen LogP) is 3.15. The Hall–Kier alpha value is -0.850. The van der Waals surface area contributed by atoms with Crippen LogP contribution in [0.15, 0.2) is 12.1 Å². The summed E-state index contributed by atoms with van der Waals surface area (Å²) in [6.45, 7) is 8.62. The predicted molar refractivity (Wildman–Crippen MR) is 64.8 cm³/mol. The molecule has 82 valence electrons. The van der Waals surface area contributed by atoms with Gasteiger partial charge < -0.3 is 5.32 Å². The molecule has 0 atom stereocenters. The molecule has 1 heterocycles. The first-order chi connectivity index (χ1) is 7.07. The number of nitrogens with zero attached hydrogens (tertiary/aromatic N) is 1. The van der Waals surface area contributed by atoms with Gasteiger partial charge in [0.05, 0.1) is 0 Å². The zero-order valence-electron chi connectivity index (χ0n) is 9.63. The SMILES string of the molecule is CCC(C)(C)CNCc1ccc(C#N)s1. The maximum atomic E-state index is 8.68. The maximum Gasteiger partial charge on any atom is 0.110 e. The van der Waals surface area contributed by atoms with Crippen molar-refractivity contribution in [3.05, 3.63) is 21.9 Å². The van der Waals surface area contributed by atoms with Gasteiger partial charge in [0, 0.05) is 18.0 Å². The molecule has 2 nitrogen and oxygen atoms in total. The first-order valence-electron chi connectivity index (χ1n) is 5.27. The molecule has 0 bridgehead atoms. The number of rotatable bonds is 5. The van der Waals surface area contributed by atoms with Crippen molar-refractivity contribution in [3.63, 3.8) is 0 Å². The van der Waals surface area contributed by atoms with Gasteiger partial charge >= 0.3 is 0 Å². The van der Waals surface area contributed by atoms with Crippen LogP contribution in [0.4, 0.5) is 0 Å². The summed E-state index contributed by atoms with van der Waals surface area (Å²) in [6.07, 6.45) is 1.17. The van der Waals surface area contributed by atoms with E-state index in [-0.39, 0.29) is 0 Å². The molecule has 1 rings (SSSR count). The van der Waals surface area contributed by atoms with Crippen LogP contribution in [-0.2, 0) is 6.54 Å². The van der Waals surface area contributed by atoms with Crippen molar-refractivity contribution in [1.82, 2.24) is 5.32 Å². The Morgan fingerprint density at radius 1 is 1.47 bits per heavy atom. The minimum absolute atomic E-state index is 0.356. The summed E-state index contributed by atoms with van der Waals surface area (Å²) in [7, 11) is 0. The van der Waals surface area contributed by atoms with Crippen LogP contribution in [0.1, 0.15) is 36.9 Å². The van der Waals surface area contributed by atoms with Crippen LogP contribution in [0.3, 0.4) is 0 Å². The Kier molecular flexibility index (Phi) is 4.31. The van der Waals surface area contributed by atoms with Crippen molar-refractivity contribution in [2.24, 2.45) is 5.41 Å². The van der Waals surface area contributed by atoms with E-state index < -0.39 is 0 Å². The van der Waals surface area contributed by atoms with Crippen molar-refractivity contribution in [1.29, 1.82) is 5.26 Å². The molecule has 0 aliphatic rings. The Morgan fingerprint density at radius 2 is 2.20 bits per heavy atom. The molecule has 1 aromatic heterocycles. The van der Waals surface area contributed by atoms with Gasteiger partial charge in [-0.2, -0.15) is 5.26 Å². The molecule has 0 saturated heterocycles. The van der Waals surface area contributed by atoms with E-state index in [2.05, 4.69) is 32.2 Å². The number of hydrogen-bond acceptors (Lipinski definition) is 3. The summed E-state index contributed by atoms with van der Waals surface area (Å²) >= 11 is 1.57. The van der Waals surface area contributed by atoms with Gasteiger partial charge in [0.1, 0.15) is 10.9 Å². The van der Waals surface area contributed by atoms with E-state index in [4.69, 9.17) is 5.26 Å². The van der Waals surface area contributed by atoms with E-state index in [0.717, 1.165) is 18.0 Å². The summed E-state index contributed by atoms with van der Waals surface area (Å²) in [5.74, 6) is 0. The van der Waals surface area contributed by atoms with E-state index in [1.165, 1.54) is 11.3 Å². The molecular weight excluding hydrogens is 204 g/mol. The van der Waals surface area contributed by atoms with Gasteiger partial charge in [-0.15, -0.1) is 11.3 Å². The first-order valence-corrected chi connectivity index (χ1v) is 6.08. The van der Waals surface area contributed by atoms with Crippen molar-refractivity contribution >= 4 is 11.3 Å². The summed E-state index contributed by atoms with van der Waals surface area (Å²) in [5.41, 5.74) is 0.356. The van der Waals surface area contributed by atoms with E-state index >= 15 is 0 Å². The number of thiophene rings is 1. The van der Waals surface area contributed by atoms with E-state index in [9.17, 15) is 0 Å². The molecule has 3 heteroatoms. The average Bonchev–Trinajstić information content (AvgIpc) is 2.66. The van der Waals surface area contributed by atoms with Gasteiger partial charge in [0.15, 0.2) is 0 Å². The molecule has 0 saturated carbocycles. The second-order valence-corrected chi connectivity index (χ2v) is 5.67. The average molecular weight is 222 g/mol. The highest BCUT2D eigenvalue weighted by atomic mass is 32.1. The number of nitriles is 1. The van der Waals surface area contributed by atoms with Gasteiger partial charge in [-0.1, -0.05) is 20.8 Å². The third kappa shape index (κ3) is 4.03. The molecule has 0 aliphatic carbocycles. The highest BCUT2D eigenvalue weighted by molar-refractivity contribution is 7.12. The molecule has 0 unspecified atom stereocenters. The summed E-state index contributed by atoms with van der Waals surface area (Å²) in [5, 5.41) is 12.1. The monoisotopic (exact) mass is 222 g/mol. The van der Waals surface area contributed by atoms with Gasteiger partial charge in [-0.25, -0.2) is 0 Å². The minimum Gasteiger partial charge on any atom is -0.311 e. The molecule has 1 N–H and O–H groups in total. The lowest BCUT2D eigenvalue weighted by molar-refractivity contribution is 0.328. The van der Waals surface area contributed by atoms with Crippen molar-refractivity contribution in [3.8, 4) is 6.07 Å². The molecule has 0 amide bonds. The van der Waals surface area contributed by atoms with Gasteiger partial charge in [0.2, 0.25) is 0 Å². The lowest BCUT2D eigenvalue weighted by Gasteiger charge is -2.22.